The number of rotatable bonds is 4. The number of nitrogens with one attached hydrogen (secondary N) is 1. The minimum absolute atomic E-state index is 0.0269. The lowest BCUT2D eigenvalue weighted by Crippen LogP contribution is -2.55. The second-order valence-corrected chi connectivity index (χ2v) is 4.36. The molecule has 0 spiro atoms. The third-order valence-corrected chi connectivity index (χ3v) is 2.45. The Morgan fingerprint density at radius 2 is 2.36 bits per heavy atom. The van der Waals surface area contributed by atoms with Crippen molar-refractivity contribution in [2.75, 3.05) is 26.2 Å². The Hall–Kier alpha value is -0.610. The second-order valence-electron chi connectivity index (χ2n) is 4.36. The van der Waals surface area contributed by atoms with E-state index in [2.05, 4.69) is 24.1 Å². The first-order valence-corrected chi connectivity index (χ1v) is 5.24. The summed E-state index contributed by atoms with van der Waals surface area (Å²) in [5.41, 5.74) is 0. The summed E-state index contributed by atoms with van der Waals surface area (Å²) < 4.78 is 0. The van der Waals surface area contributed by atoms with Gasteiger partial charge in [-0.1, -0.05) is 13.8 Å². The highest BCUT2D eigenvalue weighted by Crippen LogP contribution is 2.05. The standard InChI is InChI=1S/C10H20N2O2/c1-8(2)3-4-12-5-9(7-13)11-10(14)6-12/h8-9,13H,3-7H2,1-2H3,(H,11,14). The van der Waals surface area contributed by atoms with Crippen LogP contribution in [-0.4, -0.2) is 48.2 Å². The van der Waals surface area contributed by atoms with Gasteiger partial charge in [0, 0.05) is 6.54 Å². The molecular formula is C10H20N2O2. The van der Waals surface area contributed by atoms with Crippen molar-refractivity contribution >= 4 is 5.91 Å². The number of hydrogen-bond donors (Lipinski definition) is 2. The van der Waals surface area contributed by atoms with Gasteiger partial charge in [0.05, 0.1) is 19.2 Å². The molecule has 1 aliphatic rings. The molecule has 1 saturated heterocycles. The van der Waals surface area contributed by atoms with Crippen LogP contribution in [0.15, 0.2) is 0 Å². The molecule has 14 heavy (non-hydrogen) atoms. The summed E-state index contributed by atoms with van der Waals surface area (Å²) >= 11 is 0. The topological polar surface area (TPSA) is 52.6 Å². The number of aliphatic hydroxyl groups excluding tert-OH is 1. The van der Waals surface area contributed by atoms with Crippen molar-refractivity contribution in [3.63, 3.8) is 0 Å². The summed E-state index contributed by atoms with van der Waals surface area (Å²) in [5, 5.41) is 11.7. The predicted octanol–water partition coefficient (Wildman–Crippen LogP) is -0.175. The van der Waals surface area contributed by atoms with Crippen LogP contribution in [0.25, 0.3) is 0 Å². The van der Waals surface area contributed by atoms with Crippen molar-refractivity contribution in [3.8, 4) is 0 Å². The van der Waals surface area contributed by atoms with Crippen LogP contribution < -0.4 is 5.32 Å². The monoisotopic (exact) mass is 200 g/mol. The molecule has 1 heterocycles. The Labute approximate surface area is 85.3 Å². The summed E-state index contributed by atoms with van der Waals surface area (Å²) in [4.78, 5) is 13.3. The van der Waals surface area contributed by atoms with E-state index in [0.717, 1.165) is 19.5 Å². The predicted molar refractivity (Wildman–Crippen MR) is 54.9 cm³/mol. The Morgan fingerprint density at radius 3 is 2.93 bits per heavy atom. The van der Waals surface area contributed by atoms with Gasteiger partial charge in [0.25, 0.3) is 0 Å². The molecule has 0 aliphatic carbocycles. The fourth-order valence-corrected chi connectivity index (χ4v) is 1.61. The van der Waals surface area contributed by atoms with Gasteiger partial charge in [-0.15, -0.1) is 0 Å². The smallest absolute Gasteiger partial charge is 0.234 e. The summed E-state index contributed by atoms with van der Waals surface area (Å²) in [6, 6.07) is -0.0802. The molecule has 1 rings (SSSR count). The third kappa shape index (κ3) is 3.64. The van der Waals surface area contributed by atoms with E-state index in [0.29, 0.717) is 12.5 Å². The van der Waals surface area contributed by atoms with Crippen LogP contribution in [0.1, 0.15) is 20.3 Å². The van der Waals surface area contributed by atoms with E-state index >= 15 is 0 Å². The van der Waals surface area contributed by atoms with Crippen molar-refractivity contribution in [1.82, 2.24) is 10.2 Å². The molecule has 1 fully saturated rings. The fraction of sp³-hybridized carbons (Fsp3) is 0.900. The van der Waals surface area contributed by atoms with Crippen LogP contribution in [0.2, 0.25) is 0 Å². The Balaban J connectivity index is 2.33. The first kappa shape index (κ1) is 11.5. The van der Waals surface area contributed by atoms with Gasteiger partial charge in [-0.05, 0) is 18.9 Å². The molecule has 0 radical (unpaired) electrons. The van der Waals surface area contributed by atoms with E-state index in [4.69, 9.17) is 5.11 Å². The summed E-state index contributed by atoms with van der Waals surface area (Å²) in [5.74, 6) is 0.687. The summed E-state index contributed by atoms with van der Waals surface area (Å²) in [6.45, 7) is 6.57. The van der Waals surface area contributed by atoms with Crippen LogP contribution >= 0.6 is 0 Å². The molecule has 0 aromatic carbocycles. The SMILES string of the molecule is CC(C)CCN1CC(=O)NC(CO)C1. The van der Waals surface area contributed by atoms with E-state index in [-0.39, 0.29) is 18.6 Å². The van der Waals surface area contributed by atoms with Gasteiger partial charge in [0.1, 0.15) is 0 Å². The van der Waals surface area contributed by atoms with Crippen molar-refractivity contribution < 1.29 is 9.90 Å². The third-order valence-electron chi connectivity index (χ3n) is 2.45. The number of aliphatic hydroxyl groups is 1. The van der Waals surface area contributed by atoms with E-state index in [1.54, 1.807) is 0 Å². The number of amides is 1. The van der Waals surface area contributed by atoms with Gasteiger partial charge in [-0.2, -0.15) is 0 Å². The molecule has 1 amide bonds. The second kappa shape index (κ2) is 5.32. The van der Waals surface area contributed by atoms with Gasteiger partial charge in [0.2, 0.25) is 5.91 Å². The lowest BCUT2D eigenvalue weighted by molar-refractivity contribution is -0.126. The molecule has 0 bridgehead atoms. The quantitative estimate of drug-likeness (QED) is 0.662. The zero-order valence-corrected chi connectivity index (χ0v) is 8.99. The highest BCUT2D eigenvalue weighted by Gasteiger charge is 2.23. The van der Waals surface area contributed by atoms with Crippen LogP contribution in [0.3, 0.4) is 0 Å². The minimum Gasteiger partial charge on any atom is -0.394 e. The average Bonchev–Trinajstić information content (AvgIpc) is 2.14. The molecule has 2 N–H and O–H groups in total. The van der Waals surface area contributed by atoms with Crippen molar-refractivity contribution in [1.29, 1.82) is 0 Å². The zero-order valence-electron chi connectivity index (χ0n) is 8.99. The molecule has 1 atom stereocenters. The van der Waals surface area contributed by atoms with Gasteiger partial charge in [-0.3, -0.25) is 9.69 Å². The normalized spacial score (nSPS) is 24.0. The van der Waals surface area contributed by atoms with E-state index in [9.17, 15) is 4.79 Å². The van der Waals surface area contributed by atoms with E-state index in [1.165, 1.54) is 0 Å². The number of nitrogens with zero attached hydrogens (tertiary/aromatic N) is 1. The molecule has 82 valence electrons. The van der Waals surface area contributed by atoms with E-state index in [1.807, 2.05) is 0 Å². The van der Waals surface area contributed by atoms with Crippen LogP contribution in [0.5, 0.6) is 0 Å². The zero-order chi connectivity index (χ0) is 10.6. The van der Waals surface area contributed by atoms with Gasteiger partial charge >= 0.3 is 0 Å². The number of piperazine rings is 1. The van der Waals surface area contributed by atoms with E-state index < -0.39 is 0 Å². The van der Waals surface area contributed by atoms with Crippen molar-refractivity contribution in [2.24, 2.45) is 5.92 Å². The molecule has 1 aliphatic heterocycles. The number of carbonyl (C=O) groups is 1. The Bertz CT molecular complexity index is 195. The van der Waals surface area contributed by atoms with Gasteiger partial charge in [0.15, 0.2) is 0 Å². The average molecular weight is 200 g/mol. The maximum atomic E-state index is 11.2. The summed E-state index contributed by atoms with van der Waals surface area (Å²) in [7, 11) is 0. The first-order chi connectivity index (χ1) is 6.61. The highest BCUT2D eigenvalue weighted by atomic mass is 16.3. The maximum Gasteiger partial charge on any atom is 0.234 e. The van der Waals surface area contributed by atoms with Crippen LogP contribution in [0.4, 0.5) is 0 Å². The Kier molecular flexibility index (Phi) is 4.35. The van der Waals surface area contributed by atoms with Crippen LogP contribution in [0, 0.1) is 5.92 Å². The molecule has 1 unspecified atom stereocenters. The number of carbonyl (C=O) groups excluding carboxylic acids is 1. The Morgan fingerprint density at radius 1 is 1.64 bits per heavy atom. The lowest BCUT2D eigenvalue weighted by atomic mass is 10.1. The maximum absolute atomic E-state index is 11.2. The first-order valence-electron chi connectivity index (χ1n) is 5.24. The molecule has 0 aromatic rings. The number of hydrogen-bond acceptors (Lipinski definition) is 3. The lowest BCUT2D eigenvalue weighted by Gasteiger charge is -2.32. The largest absolute Gasteiger partial charge is 0.394 e. The molecule has 0 aromatic heterocycles. The van der Waals surface area contributed by atoms with Gasteiger partial charge < -0.3 is 10.4 Å². The molecular weight excluding hydrogens is 180 g/mol. The van der Waals surface area contributed by atoms with Gasteiger partial charge in [-0.25, -0.2) is 0 Å². The fourth-order valence-electron chi connectivity index (χ4n) is 1.61. The molecule has 0 saturated carbocycles. The summed E-state index contributed by atoms with van der Waals surface area (Å²) in [6.07, 6.45) is 1.10. The molecule has 4 heteroatoms. The van der Waals surface area contributed by atoms with Crippen molar-refractivity contribution in [3.05, 3.63) is 0 Å². The molecule has 4 nitrogen and oxygen atoms in total. The van der Waals surface area contributed by atoms with Crippen molar-refractivity contribution in [2.45, 2.75) is 26.3 Å². The highest BCUT2D eigenvalue weighted by molar-refractivity contribution is 5.79. The van der Waals surface area contributed by atoms with Crippen LogP contribution in [-0.2, 0) is 4.79 Å². The minimum atomic E-state index is -0.0802.